The standard InChI is InChI=1S/C31H40N6O4S2/c1-4-37(33)27-10-9-25(21(3)30(27)32)26(17-29(38)35-24-11-15-42(39)19-24)22-8-7-20(2)23(16-22)18-36-13-14-41-31-28(43(36)40)6-5-12-34-31/h5-10,12,16,24,26H,4,11,13-15,17-19,32-33H2,1-3H3,(H,35,38). The van der Waals surface area contributed by atoms with Crippen LogP contribution in [0, 0.1) is 13.8 Å². The Bertz CT molecular complexity index is 1550. The summed E-state index contributed by atoms with van der Waals surface area (Å²) in [5, 5.41) is 4.71. The normalized spacial score (nSPS) is 21.0. The SMILES string of the molecule is CCN(N)c1ccc(C(CC(=O)NC2CCS(=O)C2)c2ccc(C)c(CN3CCOc4ncccc4S3=O)c2)c(C)c1N. The minimum Gasteiger partial charge on any atom is -0.475 e. The van der Waals surface area contributed by atoms with Crippen molar-refractivity contribution in [2.75, 3.05) is 41.9 Å². The first-order valence-corrected chi connectivity index (χ1v) is 17.1. The van der Waals surface area contributed by atoms with Crippen molar-refractivity contribution in [3.8, 4) is 5.88 Å². The van der Waals surface area contributed by atoms with Gasteiger partial charge in [0.2, 0.25) is 11.8 Å². The average molecular weight is 625 g/mol. The number of anilines is 2. The smallest absolute Gasteiger partial charge is 0.231 e. The Kier molecular flexibility index (Phi) is 9.80. The van der Waals surface area contributed by atoms with Gasteiger partial charge in [0.1, 0.15) is 22.5 Å². The highest BCUT2D eigenvalue weighted by molar-refractivity contribution is 7.85. The lowest BCUT2D eigenvalue weighted by Crippen LogP contribution is -2.36. The van der Waals surface area contributed by atoms with Gasteiger partial charge in [-0.25, -0.2) is 19.3 Å². The minimum absolute atomic E-state index is 0.0796. The summed E-state index contributed by atoms with van der Waals surface area (Å²) in [5.41, 5.74) is 12.8. The summed E-state index contributed by atoms with van der Waals surface area (Å²) < 4.78 is 33.1. The number of hydrogen-bond acceptors (Lipinski definition) is 8. The number of aromatic nitrogens is 1. The summed E-state index contributed by atoms with van der Waals surface area (Å²) in [4.78, 5) is 18.2. The molecule has 3 heterocycles. The molecule has 3 aromatic rings. The van der Waals surface area contributed by atoms with Crippen LogP contribution in [0.5, 0.6) is 5.88 Å². The second-order valence-corrected chi connectivity index (χ2v) is 14.1. The molecule has 1 aromatic heterocycles. The van der Waals surface area contributed by atoms with Gasteiger partial charge in [-0.1, -0.05) is 24.3 Å². The summed E-state index contributed by atoms with van der Waals surface area (Å²) in [6.07, 6.45) is 2.56. The first-order valence-electron chi connectivity index (χ1n) is 14.6. The number of nitrogens with zero attached hydrogens (tertiary/aromatic N) is 3. The molecular weight excluding hydrogens is 585 g/mol. The average Bonchev–Trinajstić information content (AvgIpc) is 3.34. The maximum absolute atomic E-state index is 13.5. The maximum Gasteiger partial charge on any atom is 0.231 e. The Labute approximate surface area is 258 Å². The van der Waals surface area contributed by atoms with E-state index in [9.17, 15) is 13.2 Å². The van der Waals surface area contributed by atoms with Gasteiger partial charge in [0.15, 0.2) is 0 Å². The second-order valence-electron chi connectivity index (χ2n) is 11.1. The Morgan fingerprint density at radius 1 is 1.23 bits per heavy atom. The van der Waals surface area contributed by atoms with Crippen molar-refractivity contribution in [2.45, 2.75) is 57.0 Å². The minimum atomic E-state index is -1.44. The summed E-state index contributed by atoms with van der Waals surface area (Å²) in [7, 11) is -2.33. The number of nitrogen functional groups attached to an aromatic ring is 1. The predicted octanol–water partition coefficient (Wildman–Crippen LogP) is 3.06. The Morgan fingerprint density at radius 3 is 2.79 bits per heavy atom. The second kappa shape index (κ2) is 13.5. The van der Waals surface area contributed by atoms with Crippen LogP contribution in [0.1, 0.15) is 53.5 Å². The highest BCUT2D eigenvalue weighted by atomic mass is 32.2. The third-order valence-corrected chi connectivity index (χ3v) is 11.2. The summed E-state index contributed by atoms with van der Waals surface area (Å²) >= 11 is 0. The molecule has 5 rings (SSSR count). The number of hydrogen-bond donors (Lipinski definition) is 3. The molecule has 1 saturated heterocycles. The zero-order valence-corrected chi connectivity index (χ0v) is 26.5. The Balaban J connectivity index is 1.48. The van der Waals surface area contributed by atoms with Crippen molar-refractivity contribution < 1.29 is 17.9 Å². The highest BCUT2D eigenvalue weighted by Crippen LogP contribution is 2.37. The van der Waals surface area contributed by atoms with E-state index in [0.717, 1.165) is 39.9 Å². The lowest BCUT2D eigenvalue weighted by atomic mass is 9.83. The molecule has 2 aromatic carbocycles. The van der Waals surface area contributed by atoms with Gasteiger partial charge in [-0.05, 0) is 73.2 Å². The number of pyridine rings is 1. The molecule has 4 atom stereocenters. The third kappa shape index (κ3) is 6.93. The molecule has 12 heteroatoms. The van der Waals surface area contributed by atoms with E-state index in [1.165, 1.54) is 0 Å². The van der Waals surface area contributed by atoms with E-state index < -0.39 is 21.8 Å². The van der Waals surface area contributed by atoms with Gasteiger partial charge in [-0.15, -0.1) is 0 Å². The van der Waals surface area contributed by atoms with Gasteiger partial charge in [0, 0.05) is 66.5 Å². The molecule has 2 aliphatic heterocycles. The number of carbonyl (C=O) groups excluding carboxylic acids is 1. The van der Waals surface area contributed by atoms with Crippen LogP contribution >= 0.6 is 0 Å². The molecule has 1 fully saturated rings. The maximum atomic E-state index is 13.5. The lowest BCUT2D eigenvalue weighted by molar-refractivity contribution is -0.121. The van der Waals surface area contributed by atoms with E-state index in [2.05, 4.69) is 16.4 Å². The Hall–Kier alpha value is -3.32. The van der Waals surface area contributed by atoms with E-state index in [0.29, 0.717) is 54.2 Å². The molecular formula is C31H40N6O4S2. The van der Waals surface area contributed by atoms with Crippen LogP contribution in [0.15, 0.2) is 53.6 Å². The number of nitrogens with two attached hydrogens (primary N) is 2. The van der Waals surface area contributed by atoms with Gasteiger partial charge in [-0.3, -0.25) is 9.00 Å². The van der Waals surface area contributed by atoms with E-state index in [4.69, 9.17) is 16.3 Å². The molecule has 0 spiro atoms. The molecule has 230 valence electrons. The fourth-order valence-corrected chi connectivity index (χ4v) is 8.32. The molecule has 10 nitrogen and oxygen atoms in total. The molecule has 0 bridgehead atoms. The highest BCUT2D eigenvalue weighted by Gasteiger charge is 2.28. The number of amides is 1. The van der Waals surface area contributed by atoms with Crippen LogP contribution in [0.4, 0.5) is 11.4 Å². The Morgan fingerprint density at radius 2 is 2.05 bits per heavy atom. The summed E-state index contributed by atoms with van der Waals surface area (Å²) in [5.74, 6) is 7.30. The van der Waals surface area contributed by atoms with Crippen molar-refractivity contribution >= 4 is 39.1 Å². The fourth-order valence-electron chi connectivity index (χ4n) is 5.68. The van der Waals surface area contributed by atoms with Crippen molar-refractivity contribution in [1.82, 2.24) is 14.6 Å². The lowest BCUT2D eigenvalue weighted by Gasteiger charge is -2.26. The number of rotatable bonds is 9. The number of hydrazine groups is 1. The monoisotopic (exact) mass is 624 g/mol. The van der Waals surface area contributed by atoms with Gasteiger partial charge in [0.25, 0.3) is 0 Å². The van der Waals surface area contributed by atoms with Crippen molar-refractivity contribution in [2.24, 2.45) is 5.84 Å². The van der Waals surface area contributed by atoms with Crippen LogP contribution < -0.4 is 26.6 Å². The predicted molar refractivity (Wildman–Crippen MR) is 171 cm³/mol. The van der Waals surface area contributed by atoms with Crippen LogP contribution in [0.25, 0.3) is 0 Å². The summed E-state index contributed by atoms with van der Waals surface area (Å²) in [6.45, 7) is 7.85. The van der Waals surface area contributed by atoms with E-state index >= 15 is 0 Å². The van der Waals surface area contributed by atoms with Crippen molar-refractivity contribution in [3.63, 3.8) is 0 Å². The van der Waals surface area contributed by atoms with Crippen LogP contribution in [0.2, 0.25) is 0 Å². The van der Waals surface area contributed by atoms with E-state index in [1.807, 2.05) is 49.3 Å². The third-order valence-electron chi connectivity index (χ3n) is 8.26. The fraction of sp³-hybridized carbons (Fsp3) is 0.419. The number of fused-ring (bicyclic) bond motifs is 1. The van der Waals surface area contributed by atoms with Crippen LogP contribution in [-0.4, -0.2) is 60.9 Å². The molecule has 5 N–H and O–H groups in total. The molecule has 4 unspecified atom stereocenters. The van der Waals surface area contributed by atoms with E-state index in [-0.39, 0.29) is 24.3 Å². The largest absolute Gasteiger partial charge is 0.475 e. The quantitative estimate of drug-likeness (QED) is 0.187. The molecule has 1 amide bonds. The number of benzene rings is 2. The first-order chi connectivity index (χ1) is 20.7. The molecule has 43 heavy (non-hydrogen) atoms. The summed E-state index contributed by atoms with van der Waals surface area (Å²) in [6, 6.07) is 13.6. The molecule has 0 aliphatic carbocycles. The van der Waals surface area contributed by atoms with Crippen molar-refractivity contribution in [1.29, 1.82) is 0 Å². The van der Waals surface area contributed by atoms with Gasteiger partial charge in [0.05, 0.1) is 11.4 Å². The van der Waals surface area contributed by atoms with Gasteiger partial charge < -0.3 is 20.8 Å². The molecule has 2 aliphatic rings. The van der Waals surface area contributed by atoms with E-state index in [1.54, 1.807) is 23.3 Å². The number of carbonyl (C=O) groups is 1. The van der Waals surface area contributed by atoms with Crippen LogP contribution in [0.3, 0.4) is 0 Å². The van der Waals surface area contributed by atoms with Crippen LogP contribution in [-0.2, 0) is 33.1 Å². The first kappa shape index (κ1) is 31.1. The van der Waals surface area contributed by atoms with Crippen molar-refractivity contribution in [3.05, 3.63) is 76.5 Å². The number of ether oxygens (including phenoxy) is 1. The van der Waals surface area contributed by atoms with Gasteiger partial charge >= 0.3 is 0 Å². The molecule has 0 saturated carbocycles. The molecule has 0 radical (unpaired) electrons. The number of nitrogens with one attached hydrogen (secondary N) is 1. The zero-order valence-electron chi connectivity index (χ0n) is 24.9. The van der Waals surface area contributed by atoms with Gasteiger partial charge in [-0.2, -0.15) is 0 Å². The zero-order chi connectivity index (χ0) is 30.7. The topological polar surface area (TPSA) is 144 Å². The number of aryl methyl sites for hydroxylation is 1.